The van der Waals surface area contributed by atoms with Crippen molar-refractivity contribution >= 4 is 23.0 Å². The first kappa shape index (κ1) is 11.7. The molecule has 9 heavy (non-hydrogen) atoms. The van der Waals surface area contributed by atoms with Crippen LogP contribution >= 0.6 is 0 Å². The van der Waals surface area contributed by atoms with Gasteiger partial charge >= 0.3 is 23.0 Å². The van der Waals surface area contributed by atoms with Crippen LogP contribution in [0, 0.1) is 0 Å². The second kappa shape index (κ2) is 6.08. The Morgan fingerprint density at radius 1 is 1.67 bits per heavy atom. The number of hydrogen-bond donors (Lipinski definition) is 2. The predicted molar refractivity (Wildman–Crippen MR) is 37.1 cm³/mol. The van der Waals surface area contributed by atoms with E-state index in [-0.39, 0.29) is 17.1 Å². The molecule has 0 aliphatic rings. The van der Waals surface area contributed by atoms with Gasteiger partial charge in [-0.15, -0.1) is 0 Å². The van der Waals surface area contributed by atoms with Crippen molar-refractivity contribution in [3.05, 3.63) is 0 Å². The minimum atomic E-state index is -1.17. The van der Waals surface area contributed by atoms with Crippen molar-refractivity contribution in [3.63, 3.8) is 0 Å². The Morgan fingerprint density at radius 3 is 2.22 bits per heavy atom. The fraction of sp³-hybridized carbons (Fsp3) is 0.800. The molecule has 0 aromatic carbocycles. The summed E-state index contributed by atoms with van der Waals surface area (Å²) in [5, 5.41) is 16.6. The van der Waals surface area contributed by atoms with Crippen molar-refractivity contribution in [2.45, 2.75) is 25.9 Å². The molecule has 1 atom stereocenters. The van der Waals surface area contributed by atoms with Crippen LogP contribution in [0.2, 0.25) is 0 Å². The number of carboxylic acid groups (broad SMARTS) is 1. The molecule has 56 valence electrons. The van der Waals surface area contributed by atoms with Gasteiger partial charge in [-0.05, 0) is 6.42 Å². The number of aliphatic hydroxyl groups is 1. The molecule has 0 aliphatic heterocycles. The van der Waals surface area contributed by atoms with Crippen molar-refractivity contribution in [2.75, 3.05) is 0 Å². The van der Waals surface area contributed by atoms with E-state index in [1.807, 2.05) is 6.92 Å². The Kier molecular flexibility index (Phi) is 7.90. The van der Waals surface area contributed by atoms with Crippen LogP contribution in [-0.4, -0.2) is 39.4 Å². The number of carbonyl (C=O) groups is 1. The zero-order chi connectivity index (χ0) is 6.57. The van der Waals surface area contributed by atoms with Crippen molar-refractivity contribution in [1.29, 1.82) is 0 Å². The molecular formula is C5H12O3Se. The van der Waals surface area contributed by atoms with Gasteiger partial charge in [0, 0.05) is 0 Å². The molecule has 0 rings (SSSR count). The summed E-state index contributed by atoms with van der Waals surface area (Å²) in [4.78, 5) is 9.84. The van der Waals surface area contributed by atoms with E-state index < -0.39 is 12.1 Å². The molecule has 0 aromatic rings. The molecule has 2 N–H and O–H groups in total. The molecule has 4 heteroatoms. The normalized spacial score (nSPS) is 11.8. The first-order valence-electron chi connectivity index (χ1n) is 2.59. The van der Waals surface area contributed by atoms with Crippen molar-refractivity contribution in [1.82, 2.24) is 0 Å². The van der Waals surface area contributed by atoms with Crippen LogP contribution in [0.3, 0.4) is 0 Å². The van der Waals surface area contributed by atoms with Crippen LogP contribution in [0.5, 0.6) is 0 Å². The summed E-state index contributed by atoms with van der Waals surface area (Å²) in [6.07, 6.45) is -0.122. The topological polar surface area (TPSA) is 57.5 Å². The Hall–Kier alpha value is -0.0505. The van der Waals surface area contributed by atoms with E-state index in [9.17, 15) is 4.79 Å². The molecule has 0 spiro atoms. The zero-order valence-electron chi connectivity index (χ0n) is 5.29. The monoisotopic (exact) mass is 200 g/mol. The Balaban J connectivity index is 0. The van der Waals surface area contributed by atoms with Crippen LogP contribution in [-0.2, 0) is 4.79 Å². The van der Waals surface area contributed by atoms with E-state index in [2.05, 4.69) is 0 Å². The Labute approximate surface area is 64.5 Å². The summed E-state index contributed by atoms with van der Waals surface area (Å²) < 4.78 is 0. The standard InChI is InChI=1S/C5H10O3.H2Se/c1-2-3-4(6)5(7)8;/h4,6H,2-3H2,1H3,(H,7,8);1H2. The predicted octanol–water partition coefficient (Wildman–Crippen LogP) is -0.684. The molecular weight excluding hydrogens is 187 g/mol. The van der Waals surface area contributed by atoms with Crippen molar-refractivity contribution < 1.29 is 15.0 Å². The average Bonchev–Trinajstić information content (AvgIpc) is 1.67. The van der Waals surface area contributed by atoms with E-state index >= 15 is 0 Å². The van der Waals surface area contributed by atoms with Gasteiger partial charge in [-0.25, -0.2) is 4.79 Å². The SMILES string of the molecule is CCCC(O)C(=O)O.[SeH2]. The molecule has 0 heterocycles. The third-order valence-corrected chi connectivity index (χ3v) is 0.847. The van der Waals surface area contributed by atoms with Crippen LogP contribution in [0.25, 0.3) is 0 Å². The Morgan fingerprint density at radius 2 is 2.11 bits per heavy atom. The molecule has 0 bridgehead atoms. The molecule has 0 fully saturated rings. The van der Waals surface area contributed by atoms with Crippen LogP contribution < -0.4 is 0 Å². The van der Waals surface area contributed by atoms with E-state index in [1.165, 1.54) is 0 Å². The molecule has 0 aliphatic carbocycles. The maximum atomic E-state index is 9.84. The van der Waals surface area contributed by atoms with E-state index in [4.69, 9.17) is 10.2 Å². The third-order valence-electron chi connectivity index (χ3n) is 0.847. The molecule has 0 aromatic heterocycles. The second-order valence-corrected chi connectivity index (χ2v) is 1.64. The van der Waals surface area contributed by atoms with Gasteiger partial charge in [0.05, 0.1) is 0 Å². The maximum absolute atomic E-state index is 9.84. The van der Waals surface area contributed by atoms with Gasteiger partial charge in [-0.3, -0.25) is 0 Å². The van der Waals surface area contributed by atoms with Gasteiger partial charge in [0.15, 0.2) is 6.10 Å². The second-order valence-electron chi connectivity index (χ2n) is 1.64. The number of aliphatic carboxylic acids is 1. The van der Waals surface area contributed by atoms with Gasteiger partial charge < -0.3 is 10.2 Å². The quantitative estimate of drug-likeness (QED) is 0.592. The summed E-state index contributed by atoms with van der Waals surface area (Å²) in [5.41, 5.74) is 0. The van der Waals surface area contributed by atoms with Crippen molar-refractivity contribution in [2.24, 2.45) is 0 Å². The summed E-state index contributed by atoms with van der Waals surface area (Å²) >= 11 is 0. The molecule has 3 nitrogen and oxygen atoms in total. The van der Waals surface area contributed by atoms with Gasteiger partial charge in [0.1, 0.15) is 0 Å². The van der Waals surface area contributed by atoms with E-state index in [1.54, 1.807) is 0 Å². The number of carboxylic acids is 1. The van der Waals surface area contributed by atoms with E-state index in [0.717, 1.165) is 0 Å². The first-order chi connectivity index (χ1) is 3.68. The van der Waals surface area contributed by atoms with Crippen molar-refractivity contribution in [3.8, 4) is 0 Å². The van der Waals surface area contributed by atoms with Gasteiger partial charge in [0.25, 0.3) is 0 Å². The zero-order valence-corrected chi connectivity index (χ0v) is 7.39. The fourth-order valence-corrected chi connectivity index (χ4v) is 0.397. The average molecular weight is 199 g/mol. The molecule has 0 saturated heterocycles. The van der Waals surface area contributed by atoms with Gasteiger partial charge in [-0.1, -0.05) is 13.3 Å². The van der Waals surface area contributed by atoms with E-state index in [0.29, 0.717) is 12.8 Å². The first-order valence-corrected chi connectivity index (χ1v) is 2.59. The molecule has 0 saturated carbocycles. The molecule has 1 unspecified atom stereocenters. The van der Waals surface area contributed by atoms with Crippen LogP contribution in [0.1, 0.15) is 19.8 Å². The number of aliphatic hydroxyl groups excluding tert-OH is 1. The third kappa shape index (κ3) is 5.83. The van der Waals surface area contributed by atoms with Crippen LogP contribution in [0.4, 0.5) is 0 Å². The summed E-state index contributed by atoms with van der Waals surface area (Å²) in [6, 6.07) is 0. The Bertz CT molecular complexity index is 84.3. The van der Waals surface area contributed by atoms with Crippen LogP contribution in [0.15, 0.2) is 0 Å². The van der Waals surface area contributed by atoms with Gasteiger partial charge in [0.2, 0.25) is 0 Å². The number of rotatable bonds is 3. The molecule has 0 radical (unpaired) electrons. The minimum absolute atomic E-state index is 0. The summed E-state index contributed by atoms with van der Waals surface area (Å²) in [7, 11) is 0. The van der Waals surface area contributed by atoms with Gasteiger partial charge in [-0.2, -0.15) is 0 Å². The summed E-state index contributed by atoms with van der Waals surface area (Å²) in [5.74, 6) is -1.13. The number of hydrogen-bond acceptors (Lipinski definition) is 2. The molecule has 0 amide bonds. The fourth-order valence-electron chi connectivity index (χ4n) is 0.397. The summed E-state index contributed by atoms with van der Waals surface area (Å²) in [6.45, 7) is 1.83.